The standard InChI is InChI=1S/C14H17ClN2O2/c1-7-3-8(7)6-17(2)12-5-11-9(4-10(12)15)13(18)14(19)16-11/h4-5,7-8,13,18H,3,6H2,1-2H3,(H,16,19). The predicted octanol–water partition coefficient (Wildman–Crippen LogP) is 2.42. The van der Waals surface area contributed by atoms with Crippen LogP contribution in [0.3, 0.4) is 0 Å². The highest BCUT2D eigenvalue weighted by Crippen LogP contribution is 2.42. The van der Waals surface area contributed by atoms with E-state index < -0.39 is 6.10 Å². The fraction of sp³-hybridized carbons (Fsp3) is 0.500. The highest BCUT2D eigenvalue weighted by atomic mass is 35.5. The van der Waals surface area contributed by atoms with E-state index in [2.05, 4.69) is 17.1 Å². The van der Waals surface area contributed by atoms with Crippen molar-refractivity contribution in [3.05, 3.63) is 22.7 Å². The number of fused-ring (bicyclic) bond motifs is 1. The van der Waals surface area contributed by atoms with Crippen molar-refractivity contribution < 1.29 is 9.90 Å². The van der Waals surface area contributed by atoms with Crippen LogP contribution in [0.2, 0.25) is 5.02 Å². The van der Waals surface area contributed by atoms with E-state index in [1.165, 1.54) is 6.42 Å². The van der Waals surface area contributed by atoms with Gasteiger partial charge < -0.3 is 15.3 Å². The van der Waals surface area contributed by atoms with Crippen molar-refractivity contribution in [1.29, 1.82) is 0 Å². The molecule has 4 nitrogen and oxygen atoms in total. The van der Waals surface area contributed by atoms with Gasteiger partial charge in [-0.15, -0.1) is 0 Å². The lowest BCUT2D eigenvalue weighted by Crippen LogP contribution is -2.21. The Balaban J connectivity index is 1.87. The monoisotopic (exact) mass is 280 g/mol. The fourth-order valence-electron chi connectivity index (χ4n) is 2.65. The lowest BCUT2D eigenvalue weighted by molar-refractivity contribution is -0.123. The van der Waals surface area contributed by atoms with Crippen molar-refractivity contribution in [2.75, 3.05) is 23.8 Å². The van der Waals surface area contributed by atoms with Gasteiger partial charge >= 0.3 is 0 Å². The third-order valence-corrected chi connectivity index (χ3v) is 4.42. The minimum atomic E-state index is -1.10. The maximum atomic E-state index is 11.4. The summed E-state index contributed by atoms with van der Waals surface area (Å²) in [5.74, 6) is 1.13. The number of aliphatic hydroxyl groups excluding tert-OH is 1. The highest BCUT2D eigenvalue weighted by molar-refractivity contribution is 6.33. The lowest BCUT2D eigenvalue weighted by atomic mass is 10.1. The maximum Gasteiger partial charge on any atom is 0.257 e. The largest absolute Gasteiger partial charge is 0.378 e. The first-order valence-electron chi connectivity index (χ1n) is 6.51. The summed E-state index contributed by atoms with van der Waals surface area (Å²) in [6.45, 7) is 3.22. The molecule has 1 amide bonds. The summed E-state index contributed by atoms with van der Waals surface area (Å²) in [7, 11) is 2.01. The summed E-state index contributed by atoms with van der Waals surface area (Å²) >= 11 is 6.26. The molecule has 3 unspecified atom stereocenters. The smallest absolute Gasteiger partial charge is 0.257 e. The summed E-state index contributed by atoms with van der Waals surface area (Å²) in [6, 6.07) is 3.53. The number of nitrogens with zero attached hydrogens (tertiary/aromatic N) is 1. The number of aliphatic hydroxyl groups is 1. The van der Waals surface area contributed by atoms with Crippen molar-refractivity contribution in [3.8, 4) is 0 Å². The Bertz CT molecular complexity index is 546. The van der Waals surface area contributed by atoms with Gasteiger partial charge in [-0.25, -0.2) is 0 Å². The first kappa shape index (κ1) is 12.8. The minimum absolute atomic E-state index is 0.387. The van der Waals surface area contributed by atoms with Crippen molar-refractivity contribution in [3.63, 3.8) is 0 Å². The van der Waals surface area contributed by atoms with Gasteiger partial charge in [0.15, 0.2) is 6.10 Å². The first-order chi connectivity index (χ1) is 8.97. The van der Waals surface area contributed by atoms with Gasteiger partial charge in [-0.05, 0) is 30.4 Å². The van der Waals surface area contributed by atoms with Crippen LogP contribution in [0, 0.1) is 11.8 Å². The number of nitrogens with one attached hydrogen (secondary N) is 1. The van der Waals surface area contributed by atoms with Crippen LogP contribution in [-0.4, -0.2) is 24.6 Å². The van der Waals surface area contributed by atoms with E-state index in [1.54, 1.807) is 6.07 Å². The van der Waals surface area contributed by atoms with E-state index >= 15 is 0 Å². The van der Waals surface area contributed by atoms with Gasteiger partial charge in [-0.3, -0.25) is 4.79 Å². The molecule has 1 heterocycles. The molecule has 0 bridgehead atoms. The number of rotatable bonds is 3. The molecule has 2 aliphatic rings. The second kappa shape index (κ2) is 4.39. The van der Waals surface area contributed by atoms with Crippen molar-refractivity contribution >= 4 is 28.9 Å². The van der Waals surface area contributed by atoms with Gasteiger partial charge in [0.05, 0.1) is 10.7 Å². The molecular weight excluding hydrogens is 264 g/mol. The summed E-state index contributed by atoms with van der Waals surface area (Å²) in [5, 5.41) is 13.0. The van der Waals surface area contributed by atoms with Crippen LogP contribution in [0.25, 0.3) is 0 Å². The van der Waals surface area contributed by atoms with Gasteiger partial charge in [-0.2, -0.15) is 0 Å². The molecule has 19 heavy (non-hydrogen) atoms. The maximum absolute atomic E-state index is 11.4. The Kier molecular flexibility index (Phi) is 2.95. The van der Waals surface area contributed by atoms with Gasteiger partial charge in [0.1, 0.15) is 0 Å². The number of carbonyl (C=O) groups is 1. The molecule has 3 rings (SSSR count). The quantitative estimate of drug-likeness (QED) is 0.894. The summed E-state index contributed by atoms with van der Waals surface area (Å²) in [5.41, 5.74) is 2.12. The van der Waals surface area contributed by atoms with Gasteiger partial charge in [0, 0.05) is 24.8 Å². The number of benzene rings is 1. The van der Waals surface area contributed by atoms with Crippen molar-refractivity contribution in [2.24, 2.45) is 11.8 Å². The third-order valence-electron chi connectivity index (χ3n) is 4.12. The van der Waals surface area contributed by atoms with Crippen LogP contribution in [0.15, 0.2) is 12.1 Å². The van der Waals surface area contributed by atoms with Crippen LogP contribution in [0.5, 0.6) is 0 Å². The molecule has 1 saturated carbocycles. The zero-order chi connectivity index (χ0) is 13.7. The van der Waals surface area contributed by atoms with Crippen LogP contribution < -0.4 is 10.2 Å². The topological polar surface area (TPSA) is 52.6 Å². The zero-order valence-corrected chi connectivity index (χ0v) is 11.7. The number of halogens is 1. The SMILES string of the molecule is CC1CC1CN(C)c1cc2c(cc1Cl)C(O)C(=O)N2. The summed E-state index contributed by atoms with van der Waals surface area (Å²) in [6.07, 6.45) is 0.165. The molecule has 1 aromatic rings. The van der Waals surface area contributed by atoms with E-state index in [0.29, 0.717) is 16.3 Å². The van der Waals surface area contributed by atoms with E-state index in [1.807, 2.05) is 13.1 Å². The van der Waals surface area contributed by atoms with Gasteiger partial charge in [-0.1, -0.05) is 18.5 Å². The second-order valence-corrected chi connectivity index (χ2v) is 6.04. The number of carbonyl (C=O) groups excluding carboxylic acids is 1. The van der Waals surface area contributed by atoms with E-state index in [4.69, 9.17) is 11.6 Å². The molecule has 1 fully saturated rings. The highest BCUT2D eigenvalue weighted by Gasteiger charge is 2.34. The molecule has 102 valence electrons. The Morgan fingerprint density at radius 3 is 2.84 bits per heavy atom. The van der Waals surface area contributed by atoms with E-state index in [-0.39, 0.29) is 5.91 Å². The van der Waals surface area contributed by atoms with Crippen LogP contribution in [0.4, 0.5) is 11.4 Å². The molecule has 0 aromatic heterocycles. The Hall–Kier alpha value is -1.26. The summed E-state index contributed by atoms with van der Waals surface area (Å²) in [4.78, 5) is 13.6. The molecule has 5 heteroatoms. The van der Waals surface area contributed by atoms with Crippen LogP contribution in [-0.2, 0) is 4.79 Å². The number of hydrogen-bond donors (Lipinski definition) is 2. The first-order valence-corrected chi connectivity index (χ1v) is 6.88. The zero-order valence-electron chi connectivity index (χ0n) is 11.0. The van der Waals surface area contributed by atoms with Crippen molar-refractivity contribution in [1.82, 2.24) is 0 Å². The summed E-state index contributed by atoms with van der Waals surface area (Å²) < 4.78 is 0. The molecule has 0 saturated heterocycles. The number of anilines is 2. The normalized spacial score (nSPS) is 28.0. The average molecular weight is 281 g/mol. The van der Waals surface area contributed by atoms with Gasteiger partial charge in [0.2, 0.25) is 0 Å². The lowest BCUT2D eigenvalue weighted by Gasteiger charge is -2.21. The molecular formula is C14H17ClN2O2. The Labute approximate surface area is 117 Å². The average Bonchev–Trinajstić information content (AvgIpc) is 2.97. The Morgan fingerprint density at radius 2 is 2.21 bits per heavy atom. The van der Waals surface area contributed by atoms with Crippen molar-refractivity contribution in [2.45, 2.75) is 19.4 Å². The molecule has 0 spiro atoms. The molecule has 1 aliphatic carbocycles. The fourth-order valence-corrected chi connectivity index (χ4v) is 2.97. The van der Waals surface area contributed by atoms with Crippen LogP contribution in [0.1, 0.15) is 25.0 Å². The molecule has 1 aliphatic heterocycles. The number of hydrogen-bond acceptors (Lipinski definition) is 3. The molecule has 2 N–H and O–H groups in total. The van der Waals surface area contributed by atoms with E-state index in [9.17, 15) is 9.90 Å². The molecule has 0 radical (unpaired) electrons. The minimum Gasteiger partial charge on any atom is -0.378 e. The van der Waals surface area contributed by atoms with Crippen LogP contribution >= 0.6 is 11.6 Å². The number of amides is 1. The van der Waals surface area contributed by atoms with Gasteiger partial charge in [0.25, 0.3) is 5.91 Å². The molecule has 3 atom stereocenters. The Morgan fingerprint density at radius 1 is 1.53 bits per heavy atom. The second-order valence-electron chi connectivity index (χ2n) is 5.64. The predicted molar refractivity (Wildman–Crippen MR) is 75.6 cm³/mol. The molecule has 1 aromatic carbocycles. The van der Waals surface area contributed by atoms with E-state index in [0.717, 1.165) is 24.1 Å². The third kappa shape index (κ3) is 2.19.